The smallest absolute Gasteiger partial charge is 0.251 e. The molecule has 0 spiro atoms. The fourth-order valence-electron chi connectivity index (χ4n) is 2.53. The van der Waals surface area contributed by atoms with Crippen LogP contribution in [0.5, 0.6) is 5.75 Å². The van der Waals surface area contributed by atoms with Crippen LogP contribution in [-0.2, 0) is 0 Å². The number of amides is 1. The number of hydrogen-bond donors (Lipinski definition) is 2. The molecule has 1 aromatic rings. The summed E-state index contributed by atoms with van der Waals surface area (Å²) in [6.45, 7) is 2.49. The average Bonchev–Trinajstić information content (AvgIpc) is 2.41. The monoisotopic (exact) mass is 325 g/mol. The number of carbonyl (C=O) groups is 1. The van der Waals surface area contributed by atoms with Crippen molar-refractivity contribution in [2.45, 2.75) is 37.4 Å². The summed E-state index contributed by atoms with van der Waals surface area (Å²) in [5.74, 6) is 0.664. The van der Waals surface area contributed by atoms with Crippen molar-refractivity contribution in [3.05, 3.63) is 29.3 Å². The van der Waals surface area contributed by atoms with Crippen molar-refractivity contribution in [2.24, 2.45) is 5.92 Å². The van der Waals surface area contributed by atoms with E-state index in [9.17, 15) is 9.90 Å². The Balaban J connectivity index is 1.89. The molecule has 0 aromatic heterocycles. The Bertz CT molecular complexity index is 453. The zero-order valence-corrected chi connectivity index (χ0v) is 12.7. The van der Waals surface area contributed by atoms with Crippen LogP contribution in [0.4, 0.5) is 0 Å². The molecule has 104 valence electrons. The van der Waals surface area contributed by atoms with Gasteiger partial charge in [-0.05, 0) is 50.7 Å². The molecule has 2 N–H and O–H groups in total. The van der Waals surface area contributed by atoms with E-state index in [1.165, 1.54) is 12.8 Å². The first-order valence-corrected chi connectivity index (χ1v) is 7.70. The first-order valence-electron chi connectivity index (χ1n) is 6.78. The van der Waals surface area contributed by atoms with Crippen molar-refractivity contribution >= 4 is 21.8 Å². The summed E-state index contributed by atoms with van der Waals surface area (Å²) in [5.41, 5.74) is 1.21. The van der Waals surface area contributed by atoms with E-state index in [-0.39, 0.29) is 11.7 Å². The van der Waals surface area contributed by atoms with Crippen LogP contribution in [0.3, 0.4) is 0 Å². The van der Waals surface area contributed by atoms with E-state index >= 15 is 0 Å². The van der Waals surface area contributed by atoms with Gasteiger partial charge in [-0.1, -0.05) is 22.0 Å². The van der Waals surface area contributed by atoms with E-state index in [1.807, 2.05) is 0 Å². The van der Waals surface area contributed by atoms with E-state index < -0.39 is 0 Å². The van der Waals surface area contributed by atoms with Crippen LogP contribution in [0.2, 0.25) is 0 Å². The van der Waals surface area contributed by atoms with Crippen molar-refractivity contribution in [1.82, 2.24) is 5.32 Å². The van der Waals surface area contributed by atoms with E-state index in [0.29, 0.717) is 21.9 Å². The number of carbonyl (C=O) groups excluding carboxylic acids is 1. The highest BCUT2D eigenvalue weighted by atomic mass is 79.9. The van der Waals surface area contributed by atoms with Gasteiger partial charge in [-0.15, -0.1) is 0 Å². The number of benzene rings is 1. The fraction of sp³-hybridized carbons (Fsp3) is 0.533. The summed E-state index contributed by atoms with van der Waals surface area (Å²) >= 11 is 3.63. The van der Waals surface area contributed by atoms with E-state index in [1.54, 1.807) is 25.1 Å². The van der Waals surface area contributed by atoms with Crippen molar-refractivity contribution in [3.63, 3.8) is 0 Å². The van der Waals surface area contributed by atoms with Gasteiger partial charge < -0.3 is 10.4 Å². The summed E-state index contributed by atoms with van der Waals surface area (Å²) in [6, 6.07) is 5.05. The second-order valence-electron chi connectivity index (χ2n) is 5.28. The molecular weight excluding hydrogens is 306 g/mol. The lowest BCUT2D eigenvalue weighted by molar-refractivity contribution is 0.0943. The van der Waals surface area contributed by atoms with Gasteiger partial charge >= 0.3 is 0 Å². The van der Waals surface area contributed by atoms with E-state index in [4.69, 9.17) is 0 Å². The van der Waals surface area contributed by atoms with Gasteiger partial charge in [-0.3, -0.25) is 4.79 Å². The molecule has 1 amide bonds. The van der Waals surface area contributed by atoms with Crippen LogP contribution in [0.15, 0.2) is 18.2 Å². The zero-order chi connectivity index (χ0) is 13.8. The normalized spacial score (nSPS) is 23.1. The first-order chi connectivity index (χ1) is 9.08. The van der Waals surface area contributed by atoms with E-state index in [0.717, 1.165) is 19.4 Å². The summed E-state index contributed by atoms with van der Waals surface area (Å²) < 4.78 is 0. The molecule has 0 radical (unpaired) electrons. The Morgan fingerprint density at radius 2 is 2.05 bits per heavy atom. The summed E-state index contributed by atoms with van der Waals surface area (Å²) in [5, 5.41) is 12.6. The Morgan fingerprint density at radius 3 is 2.74 bits per heavy atom. The van der Waals surface area contributed by atoms with Crippen LogP contribution in [0, 0.1) is 12.8 Å². The molecule has 2 rings (SSSR count). The second-order valence-corrected chi connectivity index (χ2v) is 6.57. The van der Waals surface area contributed by atoms with Crippen LogP contribution in [-0.4, -0.2) is 22.4 Å². The fourth-order valence-corrected chi connectivity index (χ4v) is 3.06. The van der Waals surface area contributed by atoms with Crippen molar-refractivity contribution in [2.75, 3.05) is 6.54 Å². The second kappa shape index (κ2) is 6.42. The Kier molecular flexibility index (Phi) is 4.86. The first kappa shape index (κ1) is 14.4. The molecule has 1 fully saturated rings. The number of nitrogens with one attached hydrogen (secondary N) is 1. The lowest BCUT2D eigenvalue weighted by Gasteiger charge is -2.25. The summed E-state index contributed by atoms with van der Waals surface area (Å²) in [6.07, 6.45) is 4.70. The topological polar surface area (TPSA) is 49.3 Å². The molecule has 0 aliphatic heterocycles. The highest BCUT2D eigenvalue weighted by molar-refractivity contribution is 9.09. The molecule has 0 unspecified atom stereocenters. The molecule has 1 aliphatic carbocycles. The maximum atomic E-state index is 12.1. The van der Waals surface area contributed by atoms with Crippen molar-refractivity contribution in [1.29, 1.82) is 0 Å². The Labute approximate surface area is 122 Å². The van der Waals surface area contributed by atoms with Crippen molar-refractivity contribution < 1.29 is 9.90 Å². The lowest BCUT2D eigenvalue weighted by atomic mass is 9.89. The highest BCUT2D eigenvalue weighted by Crippen LogP contribution is 2.28. The molecule has 1 aromatic carbocycles. The van der Waals surface area contributed by atoms with Gasteiger partial charge in [0.25, 0.3) is 5.91 Å². The Hall–Kier alpha value is -1.03. The average molecular weight is 326 g/mol. The quantitative estimate of drug-likeness (QED) is 0.837. The molecule has 3 nitrogen and oxygen atoms in total. The van der Waals surface area contributed by atoms with Gasteiger partial charge in [0.15, 0.2) is 0 Å². The number of rotatable bonds is 3. The number of alkyl halides is 1. The van der Waals surface area contributed by atoms with Crippen molar-refractivity contribution in [3.8, 4) is 5.75 Å². The number of hydrogen-bond acceptors (Lipinski definition) is 2. The van der Waals surface area contributed by atoms with E-state index in [2.05, 4.69) is 21.2 Å². The molecule has 0 heterocycles. The molecule has 0 bridgehead atoms. The zero-order valence-electron chi connectivity index (χ0n) is 11.2. The van der Waals surface area contributed by atoms with Gasteiger partial charge in [0.2, 0.25) is 0 Å². The molecular formula is C15H20BrNO2. The minimum atomic E-state index is -0.0886. The number of halogens is 1. The number of aromatic hydroxyl groups is 1. The predicted octanol–water partition coefficient (Wildman–Crippen LogP) is 3.38. The van der Waals surface area contributed by atoms with Gasteiger partial charge in [0.1, 0.15) is 5.75 Å². The predicted molar refractivity (Wildman–Crippen MR) is 79.9 cm³/mol. The third kappa shape index (κ3) is 3.72. The SMILES string of the molecule is Cc1c(O)cccc1C(=O)NCC1CCC(Br)CC1. The number of phenolic OH excluding ortho intramolecular Hbond substituents is 1. The molecule has 19 heavy (non-hydrogen) atoms. The Morgan fingerprint density at radius 1 is 1.37 bits per heavy atom. The molecule has 0 atom stereocenters. The summed E-state index contributed by atoms with van der Waals surface area (Å²) in [7, 11) is 0. The van der Waals surface area contributed by atoms with Gasteiger partial charge in [-0.25, -0.2) is 0 Å². The van der Waals surface area contributed by atoms with Gasteiger partial charge in [0.05, 0.1) is 0 Å². The molecule has 4 heteroatoms. The lowest BCUT2D eigenvalue weighted by Crippen LogP contribution is -2.31. The molecule has 0 saturated heterocycles. The highest BCUT2D eigenvalue weighted by Gasteiger charge is 2.20. The third-order valence-corrected chi connectivity index (χ3v) is 4.79. The third-order valence-electron chi connectivity index (χ3n) is 3.88. The van der Waals surface area contributed by atoms with Crippen LogP contribution in [0.1, 0.15) is 41.6 Å². The van der Waals surface area contributed by atoms with Crippen LogP contribution in [0.25, 0.3) is 0 Å². The minimum absolute atomic E-state index is 0.0886. The van der Waals surface area contributed by atoms with Gasteiger partial charge in [0, 0.05) is 22.5 Å². The van der Waals surface area contributed by atoms with Crippen LogP contribution >= 0.6 is 15.9 Å². The van der Waals surface area contributed by atoms with Gasteiger partial charge in [-0.2, -0.15) is 0 Å². The summed E-state index contributed by atoms with van der Waals surface area (Å²) in [4.78, 5) is 12.7. The maximum Gasteiger partial charge on any atom is 0.251 e. The number of phenols is 1. The maximum absolute atomic E-state index is 12.1. The molecule has 1 saturated carbocycles. The molecule has 1 aliphatic rings. The standard InChI is InChI=1S/C15H20BrNO2/c1-10-13(3-2-4-14(10)18)15(19)17-9-11-5-7-12(16)8-6-11/h2-4,11-12,18H,5-9H2,1H3,(H,17,19). The van der Waals surface area contributed by atoms with Crippen LogP contribution < -0.4 is 5.32 Å². The minimum Gasteiger partial charge on any atom is -0.508 e. The largest absolute Gasteiger partial charge is 0.508 e.